The quantitative estimate of drug-likeness (QED) is 0.384. The molecule has 3 aliphatic rings. The van der Waals surface area contributed by atoms with Crippen LogP contribution in [0.2, 0.25) is 0 Å². The largest absolute Gasteiger partial charge is 0.378 e. The summed E-state index contributed by atoms with van der Waals surface area (Å²) in [4.78, 5) is 44.5. The highest BCUT2D eigenvalue weighted by Crippen LogP contribution is 2.39. The second-order valence-corrected chi connectivity index (χ2v) is 10.5. The van der Waals surface area contributed by atoms with E-state index in [2.05, 4.69) is 35.7 Å². The average Bonchev–Trinajstić information content (AvgIpc) is 3.49. The van der Waals surface area contributed by atoms with Gasteiger partial charge in [0.2, 0.25) is 11.9 Å². The molecular formula is C30H32N10O2. The van der Waals surface area contributed by atoms with E-state index in [0.717, 1.165) is 73.2 Å². The van der Waals surface area contributed by atoms with E-state index in [1.807, 2.05) is 41.4 Å². The molecule has 0 spiro atoms. The lowest BCUT2D eigenvalue weighted by Crippen LogP contribution is -2.48. The van der Waals surface area contributed by atoms with Gasteiger partial charge in [-0.3, -0.25) is 9.78 Å². The molecule has 6 heterocycles. The van der Waals surface area contributed by atoms with Crippen LogP contribution in [0.3, 0.4) is 0 Å². The number of anilines is 5. The fraction of sp³-hybridized carbons (Fsp3) is 0.333. The van der Waals surface area contributed by atoms with Crippen molar-refractivity contribution in [3.63, 3.8) is 0 Å². The molecule has 12 nitrogen and oxygen atoms in total. The number of nitrogens with two attached hydrogens (primary N) is 1. The molecule has 0 saturated carbocycles. The van der Waals surface area contributed by atoms with Crippen molar-refractivity contribution in [2.24, 2.45) is 0 Å². The standard InChI is InChI=1S/C30H32N10O2/c31-29-33-18-22(19-34-29)26-25-7-9-40(27(25)36-30(35-26)39-14-16-42-17-15-39)23-5-3-21(4-6-23)28(41)38-12-10-37(11-13-38)24-2-1-8-32-20-24/h1-6,8,18-20H,7,9-17H2,(H2,31,33,34). The molecule has 2 saturated heterocycles. The summed E-state index contributed by atoms with van der Waals surface area (Å²) in [6.45, 7) is 6.40. The van der Waals surface area contributed by atoms with Crippen molar-refractivity contribution >= 4 is 35.0 Å². The molecule has 7 rings (SSSR count). The van der Waals surface area contributed by atoms with Crippen LogP contribution in [-0.4, -0.2) is 94.8 Å². The maximum Gasteiger partial charge on any atom is 0.253 e. The van der Waals surface area contributed by atoms with E-state index in [1.54, 1.807) is 18.6 Å². The molecule has 1 amide bonds. The van der Waals surface area contributed by atoms with Crippen LogP contribution in [0.1, 0.15) is 15.9 Å². The Hall–Kier alpha value is -4.84. The van der Waals surface area contributed by atoms with E-state index in [0.29, 0.717) is 37.8 Å². The van der Waals surface area contributed by atoms with Crippen LogP contribution >= 0.6 is 0 Å². The second-order valence-electron chi connectivity index (χ2n) is 10.5. The number of morpholine rings is 1. The van der Waals surface area contributed by atoms with Crippen LogP contribution in [0.25, 0.3) is 11.3 Å². The third kappa shape index (κ3) is 5.05. The summed E-state index contributed by atoms with van der Waals surface area (Å²) in [5.74, 6) is 1.80. The fourth-order valence-electron chi connectivity index (χ4n) is 5.77. The number of nitrogens with zero attached hydrogens (tertiary/aromatic N) is 9. The molecule has 3 aliphatic heterocycles. The average molecular weight is 565 g/mol. The molecule has 42 heavy (non-hydrogen) atoms. The van der Waals surface area contributed by atoms with E-state index in [1.165, 1.54) is 0 Å². The van der Waals surface area contributed by atoms with E-state index >= 15 is 0 Å². The minimum Gasteiger partial charge on any atom is -0.378 e. The van der Waals surface area contributed by atoms with Gasteiger partial charge in [-0.15, -0.1) is 0 Å². The summed E-state index contributed by atoms with van der Waals surface area (Å²) in [7, 11) is 0. The first kappa shape index (κ1) is 26.1. The molecule has 2 N–H and O–H groups in total. The highest BCUT2D eigenvalue weighted by atomic mass is 16.5. The number of benzene rings is 1. The topological polar surface area (TPSA) is 130 Å². The number of amides is 1. The zero-order valence-electron chi connectivity index (χ0n) is 23.3. The number of rotatable bonds is 5. The minimum absolute atomic E-state index is 0.0526. The third-order valence-corrected chi connectivity index (χ3v) is 8.06. The third-order valence-electron chi connectivity index (χ3n) is 8.06. The van der Waals surface area contributed by atoms with Crippen molar-refractivity contribution in [1.82, 2.24) is 29.8 Å². The van der Waals surface area contributed by atoms with Gasteiger partial charge in [0.05, 0.1) is 30.8 Å². The van der Waals surface area contributed by atoms with Gasteiger partial charge in [-0.25, -0.2) is 15.0 Å². The number of aromatic nitrogens is 5. The van der Waals surface area contributed by atoms with Crippen LogP contribution in [0.15, 0.2) is 61.2 Å². The fourth-order valence-corrected chi connectivity index (χ4v) is 5.77. The van der Waals surface area contributed by atoms with E-state index < -0.39 is 0 Å². The predicted octanol–water partition coefficient (Wildman–Crippen LogP) is 2.40. The second kappa shape index (κ2) is 11.2. The summed E-state index contributed by atoms with van der Waals surface area (Å²) in [5, 5.41) is 0. The van der Waals surface area contributed by atoms with Gasteiger partial charge in [0.25, 0.3) is 5.91 Å². The number of carbonyl (C=O) groups is 1. The first-order valence-electron chi connectivity index (χ1n) is 14.3. The van der Waals surface area contributed by atoms with E-state index in [4.69, 9.17) is 20.4 Å². The summed E-state index contributed by atoms with van der Waals surface area (Å²) in [6, 6.07) is 11.9. The van der Waals surface area contributed by atoms with Crippen LogP contribution in [-0.2, 0) is 11.2 Å². The predicted molar refractivity (Wildman–Crippen MR) is 160 cm³/mol. The Balaban J connectivity index is 1.12. The Bertz CT molecular complexity index is 1550. The van der Waals surface area contributed by atoms with Gasteiger partial charge < -0.3 is 30.1 Å². The molecule has 1 aromatic carbocycles. The van der Waals surface area contributed by atoms with Crippen molar-refractivity contribution in [1.29, 1.82) is 0 Å². The molecule has 0 aliphatic carbocycles. The van der Waals surface area contributed by atoms with Crippen LogP contribution in [0.4, 0.5) is 29.1 Å². The molecule has 4 aromatic rings. The molecule has 0 unspecified atom stereocenters. The van der Waals surface area contributed by atoms with E-state index in [-0.39, 0.29) is 11.9 Å². The lowest BCUT2D eigenvalue weighted by molar-refractivity contribution is 0.0747. The number of fused-ring (bicyclic) bond motifs is 1. The van der Waals surface area contributed by atoms with Crippen molar-refractivity contribution in [2.75, 3.05) is 79.5 Å². The van der Waals surface area contributed by atoms with Crippen molar-refractivity contribution in [3.8, 4) is 11.3 Å². The monoisotopic (exact) mass is 564 g/mol. The molecule has 0 bridgehead atoms. The first-order valence-corrected chi connectivity index (χ1v) is 14.3. The number of nitrogen functional groups attached to an aromatic ring is 1. The summed E-state index contributed by atoms with van der Waals surface area (Å²) in [5.41, 5.74) is 11.2. The molecule has 0 atom stereocenters. The molecular weight excluding hydrogens is 532 g/mol. The lowest BCUT2D eigenvalue weighted by Gasteiger charge is -2.36. The maximum absolute atomic E-state index is 13.3. The smallest absolute Gasteiger partial charge is 0.253 e. The van der Waals surface area contributed by atoms with Crippen LogP contribution < -0.4 is 20.4 Å². The Morgan fingerprint density at radius 1 is 0.810 bits per heavy atom. The lowest BCUT2D eigenvalue weighted by atomic mass is 10.1. The Morgan fingerprint density at radius 3 is 2.29 bits per heavy atom. The number of hydrogen-bond donors (Lipinski definition) is 1. The Morgan fingerprint density at radius 2 is 1.57 bits per heavy atom. The van der Waals surface area contributed by atoms with Gasteiger partial charge in [0, 0.05) is 86.8 Å². The van der Waals surface area contributed by atoms with Crippen molar-refractivity contribution in [2.45, 2.75) is 6.42 Å². The normalized spacial score (nSPS) is 17.0. The summed E-state index contributed by atoms with van der Waals surface area (Å²) < 4.78 is 5.55. The van der Waals surface area contributed by atoms with Gasteiger partial charge in [0.15, 0.2) is 0 Å². The van der Waals surface area contributed by atoms with Gasteiger partial charge >= 0.3 is 0 Å². The minimum atomic E-state index is 0.0526. The van der Waals surface area contributed by atoms with Crippen LogP contribution in [0.5, 0.6) is 0 Å². The van der Waals surface area contributed by atoms with Gasteiger partial charge in [-0.05, 0) is 42.8 Å². The zero-order chi connectivity index (χ0) is 28.5. The molecule has 0 radical (unpaired) electrons. The Kier molecular flexibility index (Phi) is 6.96. The van der Waals surface area contributed by atoms with Gasteiger partial charge in [0.1, 0.15) is 5.82 Å². The highest BCUT2D eigenvalue weighted by molar-refractivity contribution is 5.95. The summed E-state index contributed by atoms with van der Waals surface area (Å²) in [6.07, 6.45) is 7.85. The molecule has 12 heteroatoms. The SMILES string of the molecule is Nc1ncc(-c2nc(N3CCOCC3)nc3c2CCN3c2ccc(C(=O)N3CCN(c4cccnc4)CC3)cc2)cn1. The number of pyridine rings is 1. The first-order chi connectivity index (χ1) is 20.6. The van der Waals surface area contributed by atoms with Crippen LogP contribution in [0, 0.1) is 0 Å². The van der Waals surface area contributed by atoms with Crippen molar-refractivity contribution < 1.29 is 9.53 Å². The zero-order valence-corrected chi connectivity index (χ0v) is 23.3. The van der Waals surface area contributed by atoms with E-state index in [9.17, 15) is 4.79 Å². The van der Waals surface area contributed by atoms with Gasteiger partial charge in [-0.2, -0.15) is 4.98 Å². The highest BCUT2D eigenvalue weighted by Gasteiger charge is 2.30. The number of hydrogen-bond acceptors (Lipinski definition) is 11. The van der Waals surface area contributed by atoms with Gasteiger partial charge in [-0.1, -0.05) is 0 Å². The molecule has 214 valence electrons. The number of piperazine rings is 1. The number of ether oxygens (including phenoxy) is 1. The Labute approximate surface area is 243 Å². The van der Waals surface area contributed by atoms with Crippen molar-refractivity contribution in [3.05, 3.63) is 72.3 Å². The molecule has 2 fully saturated rings. The number of carbonyl (C=O) groups excluding carboxylic acids is 1. The summed E-state index contributed by atoms with van der Waals surface area (Å²) >= 11 is 0. The molecule has 3 aromatic heterocycles. The maximum atomic E-state index is 13.3.